The summed E-state index contributed by atoms with van der Waals surface area (Å²) < 4.78 is 11.3. The Labute approximate surface area is 149 Å². The fourth-order valence-corrected chi connectivity index (χ4v) is 2.82. The van der Waals surface area contributed by atoms with Gasteiger partial charge in [0.05, 0.1) is 35.7 Å². The van der Waals surface area contributed by atoms with Crippen LogP contribution >= 0.6 is 0 Å². The summed E-state index contributed by atoms with van der Waals surface area (Å²) in [6, 6.07) is 7.38. The van der Waals surface area contributed by atoms with Crippen LogP contribution < -0.4 is 15.8 Å². The summed E-state index contributed by atoms with van der Waals surface area (Å²) in [6.45, 7) is 1.24. The Morgan fingerprint density at radius 2 is 2.12 bits per heavy atom. The van der Waals surface area contributed by atoms with Gasteiger partial charge in [0, 0.05) is 36.5 Å². The number of nitrogen functional groups attached to an aromatic ring is 1. The molecular formula is C18H16N6O2. The molecule has 2 aromatic heterocycles. The van der Waals surface area contributed by atoms with Gasteiger partial charge in [-0.3, -0.25) is 4.98 Å². The smallest absolute Gasteiger partial charge is 0.227 e. The molecule has 3 heterocycles. The molecule has 4 rings (SSSR count). The van der Waals surface area contributed by atoms with Gasteiger partial charge in [0.1, 0.15) is 17.9 Å². The van der Waals surface area contributed by atoms with Crippen molar-refractivity contribution in [2.75, 3.05) is 24.3 Å². The Morgan fingerprint density at radius 3 is 2.85 bits per heavy atom. The summed E-state index contributed by atoms with van der Waals surface area (Å²) in [7, 11) is 0. The predicted molar refractivity (Wildman–Crippen MR) is 96.0 cm³/mol. The molecule has 1 aliphatic rings. The van der Waals surface area contributed by atoms with Crippen molar-refractivity contribution in [2.24, 2.45) is 0 Å². The second-order valence-electron chi connectivity index (χ2n) is 5.87. The van der Waals surface area contributed by atoms with Crippen molar-refractivity contribution in [3.8, 4) is 11.8 Å². The average Bonchev–Trinajstić information content (AvgIpc) is 3.17. The maximum absolute atomic E-state index is 9.43. The van der Waals surface area contributed by atoms with Crippen LogP contribution in [0.2, 0.25) is 0 Å². The minimum absolute atomic E-state index is 0.0107. The van der Waals surface area contributed by atoms with Crippen LogP contribution in [0.5, 0.6) is 5.75 Å². The van der Waals surface area contributed by atoms with E-state index in [-0.39, 0.29) is 6.10 Å². The third-order valence-corrected chi connectivity index (χ3v) is 4.10. The molecule has 8 heteroatoms. The second-order valence-corrected chi connectivity index (χ2v) is 5.87. The Balaban J connectivity index is 1.77. The van der Waals surface area contributed by atoms with E-state index in [2.05, 4.69) is 26.3 Å². The van der Waals surface area contributed by atoms with Gasteiger partial charge in [-0.05, 0) is 12.1 Å². The zero-order valence-electron chi connectivity index (χ0n) is 13.8. The molecule has 1 atom stereocenters. The van der Waals surface area contributed by atoms with Crippen LogP contribution in [0, 0.1) is 11.3 Å². The number of hydrogen-bond donors (Lipinski definition) is 2. The number of aromatic nitrogens is 3. The van der Waals surface area contributed by atoms with Crippen LogP contribution in [0.1, 0.15) is 12.0 Å². The van der Waals surface area contributed by atoms with Crippen molar-refractivity contribution in [2.45, 2.75) is 12.5 Å². The molecule has 1 saturated heterocycles. The predicted octanol–water partition coefficient (Wildman–Crippen LogP) is 2.39. The SMILES string of the molecule is N#Cc1cnc2cc(OC3CCOC3)c(N)cc2c1Nc1ncccn1. The normalized spacial score (nSPS) is 16.3. The van der Waals surface area contributed by atoms with E-state index in [4.69, 9.17) is 15.2 Å². The number of nitrogens with zero attached hydrogens (tertiary/aromatic N) is 4. The maximum Gasteiger partial charge on any atom is 0.227 e. The van der Waals surface area contributed by atoms with Crippen LogP contribution in [-0.4, -0.2) is 34.3 Å². The standard InChI is InChI=1S/C18H16N6O2/c19-8-11-9-23-15-7-16(26-12-2-5-25-10-12)14(20)6-13(15)17(11)24-18-21-3-1-4-22-18/h1,3-4,6-7,9,12H,2,5,10,20H2,(H,21,22,23,24). The number of nitrogens with one attached hydrogen (secondary N) is 1. The van der Waals surface area contributed by atoms with Gasteiger partial charge < -0.3 is 20.5 Å². The van der Waals surface area contributed by atoms with E-state index in [1.165, 1.54) is 6.20 Å². The third kappa shape index (κ3) is 3.08. The molecular weight excluding hydrogens is 332 g/mol. The third-order valence-electron chi connectivity index (χ3n) is 4.10. The van der Waals surface area contributed by atoms with Crippen LogP contribution in [0.15, 0.2) is 36.8 Å². The number of rotatable bonds is 4. The molecule has 0 aliphatic carbocycles. The number of pyridine rings is 1. The molecule has 0 bridgehead atoms. The number of nitrogens with two attached hydrogens (primary N) is 1. The summed E-state index contributed by atoms with van der Waals surface area (Å²) in [4.78, 5) is 12.6. The van der Waals surface area contributed by atoms with Gasteiger partial charge >= 0.3 is 0 Å². The van der Waals surface area contributed by atoms with Crippen molar-refractivity contribution in [1.29, 1.82) is 5.26 Å². The Kier molecular flexibility index (Phi) is 4.21. The summed E-state index contributed by atoms with van der Waals surface area (Å²) in [5, 5.41) is 13.2. The molecule has 130 valence electrons. The monoisotopic (exact) mass is 348 g/mol. The number of ether oxygens (including phenoxy) is 2. The topological polar surface area (TPSA) is 119 Å². The van der Waals surface area contributed by atoms with E-state index in [1.54, 1.807) is 30.6 Å². The first-order chi connectivity index (χ1) is 12.7. The summed E-state index contributed by atoms with van der Waals surface area (Å²) >= 11 is 0. The van der Waals surface area contributed by atoms with Gasteiger partial charge in [-0.15, -0.1) is 0 Å². The fourth-order valence-electron chi connectivity index (χ4n) is 2.82. The van der Waals surface area contributed by atoms with Crippen molar-refractivity contribution >= 4 is 28.2 Å². The number of fused-ring (bicyclic) bond motifs is 1. The van der Waals surface area contributed by atoms with Gasteiger partial charge in [-0.2, -0.15) is 5.26 Å². The van der Waals surface area contributed by atoms with E-state index in [9.17, 15) is 5.26 Å². The highest BCUT2D eigenvalue weighted by molar-refractivity contribution is 5.98. The van der Waals surface area contributed by atoms with Crippen molar-refractivity contribution < 1.29 is 9.47 Å². The highest BCUT2D eigenvalue weighted by atomic mass is 16.5. The molecule has 0 amide bonds. The molecule has 3 N–H and O–H groups in total. The van der Waals surface area contributed by atoms with E-state index in [0.29, 0.717) is 52.8 Å². The molecule has 1 aliphatic heterocycles. The molecule has 1 fully saturated rings. The Bertz CT molecular complexity index is 980. The number of nitriles is 1. The van der Waals surface area contributed by atoms with Crippen LogP contribution in [0.4, 0.5) is 17.3 Å². The molecule has 26 heavy (non-hydrogen) atoms. The molecule has 0 spiro atoms. The quantitative estimate of drug-likeness (QED) is 0.690. The number of anilines is 3. The van der Waals surface area contributed by atoms with Crippen molar-refractivity contribution in [1.82, 2.24) is 15.0 Å². The maximum atomic E-state index is 9.43. The summed E-state index contributed by atoms with van der Waals surface area (Å²) in [5.74, 6) is 0.950. The van der Waals surface area contributed by atoms with Crippen molar-refractivity contribution in [3.63, 3.8) is 0 Å². The first-order valence-corrected chi connectivity index (χ1v) is 8.15. The van der Waals surface area contributed by atoms with Gasteiger partial charge in [0.15, 0.2) is 0 Å². The van der Waals surface area contributed by atoms with Crippen LogP contribution in [0.3, 0.4) is 0 Å². The van der Waals surface area contributed by atoms with Crippen LogP contribution in [-0.2, 0) is 4.74 Å². The van der Waals surface area contributed by atoms with Gasteiger partial charge in [-0.25, -0.2) is 9.97 Å². The second kappa shape index (κ2) is 6.82. The number of hydrogen-bond acceptors (Lipinski definition) is 8. The van der Waals surface area contributed by atoms with E-state index in [1.807, 2.05) is 0 Å². The minimum atomic E-state index is -0.0107. The minimum Gasteiger partial charge on any atom is -0.486 e. The van der Waals surface area contributed by atoms with Gasteiger partial charge in [0.25, 0.3) is 0 Å². The van der Waals surface area contributed by atoms with Gasteiger partial charge in [-0.1, -0.05) is 0 Å². The van der Waals surface area contributed by atoms with E-state index in [0.717, 1.165) is 6.42 Å². The summed E-state index contributed by atoms with van der Waals surface area (Å²) in [5.41, 5.74) is 8.25. The average molecular weight is 348 g/mol. The fraction of sp³-hybridized carbons (Fsp3) is 0.222. The van der Waals surface area contributed by atoms with E-state index >= 15 is 0 Å². The molecule has 1 unspecified atom stereocenters. The highest BCUT2D eigenvalue weighted by Crippen LogP contribution is 2.34. The van der Waals surface area contributed by atoms with E-state index < -0.39 is 0 Å². The van der Waals surface area contributed by atoms with Crippen molar-refractivity contribution in [3.05, 3.63) is 42.4 Å². The lowest BCUT2D eigenvalue weighted by Crippen LogP contribution is -2.16. The highest BCUT2D eigenvalue weighted by Gasteiger charge is 2.20. The Hall–Kier alpha value is -3.44. The zero-order chi connectivity index (χ0) is 17.9. The lowest BCUT2D eigenvalue weighted by Gasteiger charge is -2.16. The number of benzene rings is 1. The Morgan fingerprint density at radius 1 is 1.27 bits per heavy atom. The molecule has 0 saturated carbocycles. The van der Waals surface area contributed by atoms with Gasteiger partial charge in [0.2, 0.25) is 5.95 Å². The first-order valence-electron chi connectivity index (χ1n) is 8.15. The van der Waals surface area contributed by atoms with Crippen LogP contribution in [0.25, 0.3) is 10.9 Å². The zero-order valence-corrected chi connectivity index (χ0v) is 13.8. The molecule has 8 nitrogen and oxygen atoms in total. The lowest BCUT2D eigenvalue weighted by molar-refractivity contribution is 0.142. The first kappa shape index (κ1) is 16.1. The largest absolute Gasteiger partial charge is 0.486 e. The molecule has 3 aromatic rings. The summed E-state index contributed by atoms with van der Waals surface area (Å²) in [6.07, 6.45) is 5.56. The molecule has 0 radical (unpaired) electrons. The lowest BCUT2D eigenvalue weighted by atomic mass is 10.1. The molecule has 1 aromatic carbocycles.